The van der Waals surface area contributed by atoms with Crippen molar-refractivity contribution in [2.45, 2.75) is 13.3 Å². The van der Waals surface area contributed by atoms with E-state index in [4.69, 9.17) is 4.74 Å². The summed E-state index contributed by atoms with van der Waals surface area (Å²) >= 11 is 3.43. The van der Waals surface area contributed by atoms with Crippen molar-refractivity contribution in [2.75, 3.05) is 12.4 Å². The summed E-state index contributed by atoms with van der Waals surface area (Å²) in [4.78, 5) is 12.1. The Morgan fingerprint density at radius 3 is 2.75 bits per heavy atom. The smallest absolute Gasteiger partial charge is 0.228 e. The fraction of sp³-hybridized carbons (Fsp3) is 0.188. The molecule has 0 aliphatic carbocycles. The average Bonchev–Trinajstić information content (AvgIpc) is 2.43. The van der Waals surface area contributed by atoms with Gasteiger partial charge in [-0.2, -0.15) is 0 Å². The first-order chi connectivity index (χ1) is 9.60. The van der Waals surface area contributed by atoms with Gasteiger partial charge in [0, 0.05) is 10.0 Å². The molecule has 0 aliphatic heterocycles. The summed E-state index contributed by atoms with van der Waals surface area (Å²) in [7, 11) is 1.61. The fourth-order valence-electron chi connectivity index (χ4n) is 1.95. The van der Waals surface area contributed by atoms with Gasteiger partial charge in [0.05, 0.1) is 19.2 Å². The molecule has 0 unspecified atom stereocenters. The van der Waals surface area contributed by atoms with Crippen molar-refractivity contribution in [3.63, 3.8) is 0 Å². The molecule has 0 radical (unpaired) electrons. The summed E-state index contributed by atoms with van der Waals surface area (Å²) in [5.41, 5.74) is 2.75. The lowest BCUT2D eigenvalue weighted by atomic mass is 10.1. The van der Waals surface area contributed by atoms with Crippen LogP contribution in [0.2, 0.25) is 0 Å². The van der Waals surface area contributed by atoms with Gasteiger partial charge in [0.15, 0.2) is 0 Å². The summed E-state index contributed by atoms with van der Waals surface area (Å²) in [5.74, 6) is 0.659. The number of hydrogen-bond acceptors (Lipinski definition) is 2. The topological polar surface area (TPSA) is 38.3 Å². The lowest BCUT2D eigenvalue weighted by Crippen LogP contribution is -2.15. The van der Waals surface area contributed by atoms with Crippen LogP contribution < -0.4 is 10.1 Å². The predicted octanol–water partition coefficient (Wildman–Crippen LogP) is 3.95. The Balaban J connectivity index is 2.11. The third-order valence-corrected chi connectivity index (χ3v) is 3.63. The Morgan fingerprint density at radius 2 is 2.00 bits per heavy atom. The van der Waals surface area contributed by atoms with Crippen LogP contribution in [0.15, 0.2) is 46.9 Å². The van der Waals surface area contributed by atoms with E-state index < -0.39 is 0 Å². The van der Waals surface area contributed by atoms with Crippen LogP contribution in [0, 0.1) is 6.92 Å². The van der Waals surface area contributed by atoms with Crippen LogP contribution in [0.25, 0.3) is 0 Å². The lowest BCUT2D eigenvalue weighted by molar-refractivity contribution is -0.115. The number of anilines is 1. The molecule has 0 saturated heterocycles. The van der Waals surface area contributed by atoms with Crippen molar-refractivity contribution >= 4 is 27.5 Å². The van der Waals surface area contributed by atoms with Gasteiger partial charge < -0.3 is 10.1 Å². The number of benzene rings is 2. The molecule has 0 fully saturated rings. The number of hydrogen-bond donors (Lipinski definition) is 1. The van der Waals surface area contributed by atoms with Gasteiger partial charge >= 0.3 is 0 Å². The highest BCUT2D eigenvalue weighted by molar-refractivity contribution is 9.10. The number of amides is 1. The summed E-state index contributed by atoms with van der Waals surface area (Å²) in [6.07, 6.45) is 0.282. The summed E-state index contributed by atoms with van der Waals surface area (Å²) < 4.78 is 6.12. The van der Waals surface area contributed by atoms with E-state index in [0.717, 1.165) is 27.0 Å². The first-order valence-electron chi connectivity index (χ1n) is 6.28. The molecule has 2 aromatic carbocycles. The van der Waals surface area contributed by atoms with Crippen LogP contribution in [0.1, 0.15) is 11.1 Å². The molecule has 2 rings (SSSR count). The van der Waals surface area contributed by atoms with E-state index in [0.29, 0.717) is 0 Å². The van der Waals surface area contributed by atoms with E-state index in [1.54, 1.807) is 7.11 Å². The second-order valence-corrected chi connectivity index (χ2v) is 5.37. The monoisotopic (exact) mass is 333 g/mol. The fourth-order valence-corrected chi connectivity index (χ4v) is 2.30. The van der Waals surface area contributed by atoms with Crippen molar-refractivity contribution in [3.05, 3.63) is 58.1 Å². The predicted molar refractivity (Wildman–Crippen MR) is 84.2 cm³/mol. The van der Waals surface area contributed by atoms with Gasteiger partial charge in [0.25, 0.3) is 0 Å². The van der Waals surface area contributed by atoms with E-state index in [2.05, 4.69) is 21.2 Å². The zero-order chi connectivity index (χ0) is 14.5. The minimum Gasteiger partial charge on any atom is -0.496 e. The lowest BCUT2D eigenvalue weighted by Gasteiger charge is -2.10. The zero-order valence-electron chi connectivity index (χ0n) is 11.4. The highest BCUT2D eigenvalue weighted by atomic mass is 79.9. The van der Waals surface area contributed by atoms with Gasteiger partial charge in [-0.1, -0.05) is 24.3 Å². The number of rotatable bonds is 4. The molecule has 1 amide bonds. The third kappa shape index (κ3) is 3.61. The van der Waals surface area contributed by atoms with Gasteiger partial charge in [-0.25, -0.2) is 0 Å². The third-order valence-electron chi connectivity index (χ3n) is 2.94. The summed E-state index contributed by atoms with van der Waals surface area (Å²) in [6, 6.07) is 13.4. The quantitative estimate of drug-likeness (QED) is 0.919. The summed E-state index contributed by atoms with van der Waals surface area (Å²) in [6.45, 7) is 1.99. The first kappa shape index (κ1) is 14.6. The van der Waals surface area contributed by atoms with Crippen LogP contribution in [0.5, 0.6) is 5.75 Å². The molecule has 104 valence electrons. The van der Waals surface area contributed by atoms with Gasteiger partial charge in [0.2, 0.25) is 5.91 Å². The average molecular weight is 334 g/mol. The highest BCUT2D eigenvalue weighted by Gasteiger charge is 2.10. The Kier molecular flexibility index (Phi) is 4.79. The number of ether oxygens (including phenoxy) is 1. The zero-order valence-corrected chi connectivity index (χ0v) is 13.0. The molecule has 0 aromatic heterocycles. The van der Waals surface area contributed by atoms with Gasteiger partial charge in [-0.15, -0.1) is 0 Å². The molecule has 0 heterocycles. The Hall–Kier alpha value is -1.81. The second-order valence-electron chi connectivity index (χ2n) is 4.52. The SMILES string of the molecule is COc1ccccc1CC(=O)Nc1cc(C)ccc1Br. The van der Waals surface area contributed by atoms with Gasteiger partial charge in [-0.3, -0.25) is 4.79 Å². The normalized spacial score (nSPS) is 10.2. The largest absolute Gasteiger partial charge is 0.496 e. The van der Waals surface area contributed by atoms with Gasteiger partial charge in [0.1, 0.15) is 5.75 Å². The molecule has 0 atom stereocenters. The van der Waals surface area contributed by atoms with Crippen molar-refractivity contribution in [2.24, 2.45) is 0 Å². The second kappa shape index (κ2) is 6.57. The summed E-state index contributed by atoms with van der Waals surface area (Å²) in [5, 5.41) is 2.91. The minimum atomic E-state index is -0.0687. The molecular formula is C16H16BrNO2. The van der Waals surface area contributed by atoms with Crippen LogP contribution in [-0.2, 0) is 11.2 Å². The van der Waals surface area contributed by atoms with Crippen LogP contribution in [-0.4, -0.2) is 13.0 Å². The molecule has 2 aromatic rings. The van der Waals surface area contributed by atoms with Crippen LogP contribution in [0.3, 0.4) is 0 Å². The minimum absolute atomic E-state index is 0.0687. The molecule has 4 heteroatoms. The number of nitrogens with one attached hydrogen (secondary N) is 1. The highest BCUT2D eigenvalue weighted by Crippen LogP contribution is 2.24. The van der Waals surface area contributed by atoms with E-state index in [1.807, 2.05) is 49.4 Å². The van der Waals surface area contributed by atoms with E-state index in [9.17, 15) is 4.79 Å². The number of halogens is 1. The molecule has 1 N–H and O–H groups in total. The number of methoxy groups -OCH3 is 1. The maximum absolute atomic E-state index is 12.1. The molecule has 20 heavy (non-hydrogen) atoms. The van der Waals surface area contributed by atoms with Crippen LogP contribution in [0.4, 0.5) is 5.69 Å². The van der Waals surface area contributed by atoms with E-state index in [-0.39, 0.29) is 12.3 Å². The van der Waals surface area contributed by atoms with E-state index >= 15 is 0 Å². The van der Waals surface area contributed by atoms with Crippen molar-refractivity contribution < 1.29 is 9.53 Å². The number of carbonyl (C=O) groups excluding carboxylic acids is 1. The molecule has 0 aliphatic rings. The van der Waals surface area contributed by atoms with Crippen molar-refractivity contribution in [1.82, 2.24) is 0 Å². The maximum atomic E-state index is 12.1. The number of carbonyl (C=O) groups is 1. The van der Waals surface area contributed by atoms with E-state index in [1.165, 1.54) is 0 Å². The molecular weight excluding hydrogens is 318 g/mol. The van der Waals surface area contributed by atoms with Crippen molar-refractivity contribution in [3.8, 4) is 5.75 Å². The van der Waals surface area contributed by atoms with Crippen molar-refractivity contribution in [1.29, 1.82) is 0 Å². The number of para-hydroxylation sites is 1. The standard InChI is InChI=1S/C16H16BrNO2/c1-11-7-8-13(17)14(9-11)18-16(19)10-12-5-3-4-6-15(12)20-2/h3-9H,10H2,1-2H3,(H,18,19). The molecule has 3 nitrogen and oxygen atoms in total. The Labute approximate surface area is 127 Å². The molecule has 0 saturated carbocycles. The first-order valence-corrected chi connectivity index (χ1v) is 7.07. The molecule has 0 bridgehead atoms. The Morgan fingerprint density at radius 1 is 1.25 bits per heavy atom. The molecule has 0 spiro atoms. The van der Waals surface area contributed by atoms with Crippen LogP contribution >= 0.6 is 15.9 Å². The maximum Gasteiger partial charge on any atom is 0.228 e. The Bertz CT molecular complexity index is 626. The van der Waals surface area contributed by atoms with Gasteiger partial charge in [-0.05, 0) is 46.6 Å². The number of aryl methyl sites for hydroxylation is 1.